The highest BCUT2D eigenvalue weighted by molar-refractivity contribution is 6.30. The molecule has 0 aromatic heterocycles. The predicted molar refractivity (Wildman–Crippen MR) is 63.7 cm³/mol. The minimum atomic E-state index is 0.218. The molecule has 0 N–H and O–H groups in total. The van der Waals surface area contributed by atoms with Gasteiger partial charge in [-0.1, -0.05) is 23.7 Å². The molecule has 0 spiro atoms. The van der Waals surface area contributed by atoms with Crippen molar-refractivity contribution in [2.24, 2.45) is 5.92 Å². The standard InChI is InChI=1S/C13H14ClNO/c14-10-3-1-9(2-4-10)11-5-6-15-7-12(11)13(16)8-15/h1-4,11-12H,5-8H2/t11-,12?/m1/s1. The Morgan fingerprint density at radius 1 is 1.19 bits per heavy atom. The minimum Gasteiger partial charge on any atom is -0.298 e. The van der Waals surface area contributed by atoms with Gasteiger partial charge in [-0.2, -0.15) is 0 Å². The van der Waals surface area contributed by atoms with Crippen LogP contribution in [0, 0.1) is 5.92 Å². The largest absolute Gasteiger partial charge is 0.298 e. The fourth-order valence-corrected chi connectivity index (χ4v) is 3.06. The van der Waals surface area contributed by atoms with Crippen molar-refractivity contribution in [2.45, 2.75) is 12.3 Å². The number of ketones is 1. The highest BCUT2D eigenvalue weighted by Crippen LogP contribution is 2.37. The summed E-state index contributed by atoms with van der Waals surface area (Å²) in [5.74, 6) is 1.04. The van der Waals surface area contributed by atoms with Gasteiger partial charge < -0.3 is 0 Å². The van der Waals surface area contributed by atoms with Crippen LogP contribution in [0.5, 0.6) is 0 Å². The van der Waals surface area contributed by atoms with Crippen LogP contribution < -0.4 is 0 Å². The molecule has 0 aliphatic carbocycles. The van der Waals surface area contributed by atoms with Gasteiger partial charge in [-0.25, -0.2) is 0 Å². The second-order valence-electron chi connectivity index (χ2n) is 4.75. The van der Waals surface area contributed by atoms with E-state index in [9.17, 15) is 4.79 Å². The number of Topliss-reactive ketones (excluding diaryl/α,β-unsaturated/α-hetero) is 1. The molecule has 1 aromatic carbocycles. The van der Waals surface area contributed by atoms with E-state index < -0.39 is 0 Å². The molecule has 0 radical (unpaired) electrons. The van der Waals surface area contributed by atoms with Crippen LogP contribution in [0.15, 0.2) is 24.3 Å². The van der Waals surface area contributed by atoms with Crippen molar-refractivity contribution in [2.75, 3.05) is 19.6 Å². The summed E-state index contributed by atoms with van der Waals surface area (Å²) in [6.07, 6.45) is 1.10. The van der Waals surface area contributed by atoms with Crippen molar-refractivity contribution in [3.05, 3.63) is 34.9 Å². The lowest BCUT2D eigenvalue weighted by molar-refractivity contribution is -0.120. The van der Waals surface area contributed by atoms with E-state index in [4.69, 9.17) is 11.6 Å². The van der Waals surface area contributed by atoms with E-state index in [-0.39, 0.29) is 5.92 Å². The summed E-state index contributed by atoms with van der Waals surface area (Å²) in [5.41, 5.74) is 1.27. The number of piperidine rings is 1. The molecule has 2 nitrogen and oxygen atoms in total. The summed E-state index contributed by atoms with van der Waals surface area (Å²) in [6, 6.07) is 7.97. The zero-order valence-corrected chi connectivity index (χ0v) is 9.78. The number of hydrogen-bond acceptors (Lipinski definition) is 2. The molecule has 2 heterocycles. The lowest BCUT2D eigenvalue weighted by atomic mass is 9.81. The number of carbonyl (C=O) groups is 1. The van der Waals surface area contributed by atoms with E-state index in [2.05, 4.69) is 17.0 Å². The Kier molecular flexibility index (Phi) is 2.49. The Morgan fingerprint density at radius 2 is 1.94 bits per heavy atom. The third-order valence-electron chi connectivity index (χ3n) is 3.79. The number of rotatable bonds is 1. The van der Waals surface area contributed by atoms with Crippen LogP contribution in [0.2, 0.25) is 5.02 Å². The first-order chi connectivity index (χ1) is 7.74. The lowest BCUT2D eigenvalue weighted by Gasteiger charge is -2.29. The zero-order chi connectivity index (χ0) is 11.1. The summed E-state index contributed by atoms with van der Waals surface area (Å²) < 4.78 is 0. The van der Waals surface area contributed by atoms with Crippen LogP contribution in [0.1, 0.15) is 17.9 Å². The highest BCUT2D eigenvalue weighted by Gasteiger charge is 2.40. The molecule has 1 aromatic rings. The molecule has 3 atom stereocenters. The average molecular weight is 236 g/mol. The van der Waals surface area contributed by atoms with Crippen molar-refractivity contribution in [3.8, 4) is 0 Å². The van der Waals surface area contributed by atoms with E-state index in [1.807, 2.05) is 12.1 Å². The Morgan fingerprint density at radius 3 is 2.69 bits per heavy atom. The van der Waals surface area contributed by atoms with Gasteiger partial charge in [-0.3, -0.25) is 9.69 Å². The normalized spacial score (nSPS) is 33.1. The lowest BCUT2D eigenvalue weighted by Crippen LogP contribution is -2.31. The fraction of sp³-hybridized carbons (Fsp3) is 0.462. The molecule has 3 rings (SSSR count). The molecule has 2 saturated heterocycles. The average Bonchev–Trinajstić information content (AvgIpc) is 2.57. The summed E-state index contributed by atoms with van der Waals surface area (Å²) in [4.78, 5) is 14.1. The Labute approximate surface area is 100 Å². The number of benzene rings is 1. The van der Waals surface area contributed by atoms with E-state index in [0.717, 1.165) is 24.5 Å². The van der Waals surface area contributed by atoms with Crippen LogP contribution in [0.3, 0.4) is 0 Å². The first kappa shape index (κ1) is 10.3. The van der Waals surface area contributed by atoms with Gasteiger partial charge in [0, 0.05) is 17.5 Å². The minimum absolute atomic E-state index is 0.218. The number of carbonyl (C=O) groups excluding carboxylic acids is 1. The Balaban J connectivity index is 1.89. The van der Waals surface area contributed by atoms with Crippen LogP contribution in [-0.4, -0.2) is 30.3 Å². The molecule has 2 aliphatic heterocycles. The maximum atomic E-state index is 11.8. The van der Waals surface area contributed by atoms with Crippen LogP contribution in [0.25, 0.3) is 0 Å². The van der Waals surface area contributed by atoms with Gasteiger partial charge in [0.2, 0.25) is 0 Å². The Hall–Kier alpha value is -0.860. The van der Waals surface area contributed by atoms with Gasteiger partial charge in [0.25, 0.3) is 0 Å². The molecular weight excluding hydrogens is 222 g/mol. The number of nitrogens with zero attached hydrogens (tertiary/aromatic N) is 1. The molecule has 2 bridgehead atoms. The van der Waals surface area contributed by atoms with Crippen LogP contribution >= 0.6 is 11.6 Å². The fourth-order valence-electron chi connectivity index (χ4n) is 2.94. The van der Waals surface area contributed by atoms with E-state index >= 15 is 0 Å². The van der Waals surface area contributed by atoms with Crippen LogP contribution in [-0.2, 0) is 4.79 Å². The molecule has 2 fully saturated rings. The van der Waals surface area contributed by atoms with Gasteiger partial charge in [0.1, 0.15) is 0 Å². The zero-order valence-electron chi connectivity index (χ0n) is 9.03. The monoisotopic (exact) mass is 235 g/mol. The van der Waals surface area contributed by atoms with Crippen molar-refractivity contribution in [3.63, 3.8) is 0 Å². The quantitative estimate of drug-likeness (QED) is 0.745. The molecule has 2 unspecified atom stereocenters. The van der Waals surface area contributed by atoms with Gasteiger partial charge in [-0.05, 0) is 36.6 Å². The summed E-state index contributed by atoms with van der Waals surface area (Å²) in [7, 11) is 0. The van der Waals surface area contributed by atoms with Gasteiger partial charge in [-0.15, -0.1) is 0 Å². The van der Waals surface area contributed by atoms with Crippen molar-refractivity contribution >= 4 is 17.4 Å². The second kappa shape index (κ2) is 3.86. The van der Waals surface area contributed by atoms with E-state index in [1.54, 1.807) is 0 Å². The summed E-state index contributed by atoms with van der Waals surface area (Å²) >= 11 is 5.88. The van der Waals surface area contributed by atoms with Crippen molar-refractivity contribution in [1.29, 1.82) is 0 Å². The third-order valence-corrected chi connectivity index (χ3v) is 4.04. The van der Waals surface area contributed by atoms with Crippen LogP contribution in [0.4, 0.5) is 0 Å². The molecule has 0 saturated carbocycles. The molecule has 2 aliphatic rings. The topological polar surface area (TPSA) is 20.3 Å². The van der Waals surface area contributed by atoms with E-state index in [1.165, 1.54) is 5.56 Å². The van der Waals surface area contributed by atoms with Gasteiger partial charge in [0.05, 0.1) is 6.54 Å². The maximum Gasteiger partial charge on any atom is 0.151 e. The number of fused-ring (bicyclic) bond motifs is 2. The molecule has 0 amide bonds. The predicted octanol–water partition coefficient (Wildman–Crippen LogP) is 2.33. The van der Waals surface area contributed by atoms with E-state index in [0.29, 0.717) is 18.2 Å². The van der Waals surface area contributed by atoms with Gasteiger partial charge in [0.15, 0.2) is 5.78 Å². The molecule has 3 heteroatoms. The first-order valence-electron chi connectivity index (χ1n) is 5.74. The molecular formula is C13H14ClNO. The SMILES string of the molecule is O=C1CN2CC[C@H](c3ccc(Cl)cc3)C1C2. The van der Waals surface area contributed by atoms with Gasteiger partial charge >= 0.3 is 0 Å². The summed E-state index contributed by atoms with van der Waals surface area (Å²) in [5, 5.41) is 0.763. The van der Waals surface area contributed by atoms with Crippen molar-refractivity contribution < 1.29 is 4.79 Å². The highest BCUT2D eigenvalue weighted by atomic mass is 35.5. The van der Waals surface area contributed by atoms with Crippen molar-refractivity contribution in [1.82, 2.24) is 4.90 Å². The molecule has 16 heavy (non-hydrogen) atoms. The Bertz CT molecular complexity index is 414. The maximum absolute atomic E-state index is 11.8. The first-order valence-corrected chi connectivity index (χ1v) is 6.12. The smallest absolute Gasteiger partial charge is 0.151 e. The third kappa shape index (κ3) is 1.66. The summed E-state index contributed by atoms with van der Waals surface area (Å²) in [6.45, 7) is 2.66. The molecule has 84 valence electrons. The number of hydrogen-bond donors (Lipinski definition) is 0. The number of halogens is 1. The second-order valence-corrected chi connectivity index (χ2v) is 5.19.